The highest BCUT2D eigenvalue weighted by Gasteiger charge is 2.21. The van der Waals surface area contributed by atoms with Crippen molar-refractivity contribution < 1.29 is 27.8 Å². The molecule has 0 amide bonds. The average Bonchev–Trinajstić information content (AvgIpc) is 2.84. The van der Waals surface area contributed by atoms with Crippen molar-refractivity contribution >= 4 is 17.3 Å². The molecule has 19 heavy (non-hydrogen) atoms. The van der Waals surface area contributed by atoms with Crippen molar-refractivity contribution in [3.05, 3.63) is 40.5 Å². The minimum absolute atomic E-state index is 0.0295. The fourth-order valence-electron chi connectivity index (χ4n) is 1.54. The first-order valence-corrected chi connectivity index (χ1v) is 5.82. The van der Waals surface area contributed by atoms with Gasteiger partial charge in [0.2, 0.25) is 5.82 Å². The zero-order valence-corrected chi connectivity index (χ0v) is 10.4. The van der Waals surface area contributed by atoms with Crippen molar-refractivity contribution in [3.8, 4) is 16.2 Å². The second-order valence-corrected chi connectivity index (χ2v) is 4.62. The summed E-state index contributed by atoms with van der Waals surface area (Å²) in [7, 11) is 1.02. The van der Waals surface area contributed by atoms with E-state index in [1.54, 1.807) is 0 Å². The summed E-state index contributed by atoms with van der Waals surface area (Å²) in [6.45, 7) is 0. The number of hydrogen-bond acceptors (Lipinski definition) is 3. The minimum Gasteiger partial charge on any atom is -0.491 e. The maximum Gasteiger partial charge on any atom is 0.345 e. The van der Waals surface area contributed by atoms with Gasteiger partial charge in [0.1, 0.15) is 4.88 Å². The average molecular weight is 288 g/mol. The number of benzene rings is 1. The molecule has 1 heterocycles. The molecule has 0 aliphatic carbocycles. The van der Waals surface area contributed by atoms with E-state index < -0.39 is 29.2 Å². The number of hydrogen-bond donors (Lipinski definition) is 1. The zero-order chi connectivity index (χ0) is 14.2. The standard InChI is InChI=1S/C12H7F3O3S/c1-18-11-9(14)5(4-6(13)10(11)15)7-2-3-8(19-7)12(16)17/h2-4H,1H3,(H,16,17). The first-order chi connectivity index (χ1) is 8.95. The zero-order valence-electron chi connectivity index (χ0n) is 9.54. The van der Waals surface area contributed by atoms with E-state index in [9.17, 15) is 18.0 Å². The largest absolute Gasteiger partial charge is 0.491 e. The summed E-state index contributed by atoms with van der Waals surface area (Å²) in [5.74, 6) is -5.76. The third-order valence-electron chi connectivity index (χ3n) is 2.40. The molecule has 0 saturated heterocycles. The van der Waals surface area contributed by atoms with E-state index in [2.05, 4.69) is 4.74 Å². The van der Waals surface area contributed by atoms with Gasteiger partial charge in [0.25, 0.3) is 0 Å². The number of carboxylic acids is 1. The summed E-state index contributed by atoms with van der Waals surface area (Å²) in [6.07, 6.45) is 0. The summed E-state index contributed by atoms with van der Waals surface area (Å²) in [5, 5.41) is 8.77. The quantitative estimate of drug-likeness (QED) is 0.879. The second kappa shape index (κ2) is 4.93. The third kappa shape index (κ3) is 2.28. The summed E-state index contributed by atoms with van der Waals surface area (Å²) >= 11 is 0.758. The van der Waals surface area contributed by atoms with Gasteiger partial charge in [0.05, 0.1) is 7.11 Å². The highest BCUT2D eigenvalue weighted by Crippen LogP contribution is 2.36. The van der Waals surface area contributed by atoms with Gasteiger partial charge < -0.3 is 9.84 Å². The number of rotatable bonds is 3. The van der Waals surface area contributed by atoms with Crippen LogP contribution in [0.1, 0.15) is 9.67 Å². The van der Waals surface area contributed by atoms with Crippen molar-refractivity contribution in [2.24, 2.45) is 0 Å². The highest BCUT2D eigenvalue weighted by molar-refractivity contribution is 7.17. The lowest BCUT2D eigenvalue weighted by atomic mass is 10.1. The van der Waals surface area contributed by atoms with E-state index in [1.165, 1.54) is 12.1 Å². The smallest absolute Gasteiger partial charge is 0.345 e. The molecule has 0 fully saturated rings. The van der Waals surface area contributed by atoms with E-state index in [0.717, 1.165) is 18.4 Å². The molecule has 0 unspecified atom stereocenters. The monoisotopic (exact) mass is 288 g/mol. The predicted molar refractivity (Wildman–Crippen MR) is 63.1 cm³/mol. The van der Waals surface area contributed by atoms with E-state index in [4.69, 9.17) is 5.11 Å². The van der Waals surface area contributed by atoms with Crippen LogP contribution in [0.5, 0.6) is 5.75 Å². The number of halogens is 3. The molecule has 1 aromatic carbocycles. The Bertz CT molecular complexity index is 652. The number of carboxylic acid groups (broad SMARTS) is 1. The molecule has 7 heteroatoms. The van der Waals surface area contributed by atoms with Crippen LogP contribution in [0.25, 0.3) is 10.4 Å². The number of ether oxygens (including phenoxy) is 1. The number of aromatic carboxylic acids is 1. The summed E-state index contributed by atoms with van der Waals surface area (Å²) < 4.78 is 45.0. The Morgan fingerprint density at radius 3 is 2.47 bits per heavy atom. The minimum atomic E-state index is -1.42. The van der Waals surface area contributed by atoms with Crippen molar-refractivity contribution in [1.82, 2.24) is 0 Å². The number of thiophene rings is 1. The van der Waals surface area contributed by atoms with Crippen LogP contribution in [-0.2, 0) is 0 Å². The molecule has 0 bridgehead atoms. The Hall–Kier alpha value is -2.02. The van der Waals surface area contributed by atoms with Crippen LogP contribution in [0.3, 0.4) is 0 Å². The summed E-state index contributed by atoms with van der Waals surface area (Å²) in [4.78, 5) is 10.9. The second-order valence-electron chi connectivity index (χ2n) is 3.54. The van der Waals surface area contributed by atoms with E-state index >= 15 is 0 Å². The van der Waals surface area contributed by atoms with E-state index in [1.807, 2.05) is 0 Å². The third-order valence-corrected chi connectivity index (χ3v) is 3.51. The van der Waals surface area contributed by atoms with Gasteiger partial charge >= 0.3 is 5.97 Å². The lowest BCUT2D eigenvalue weighted by molar-refractivity contribution is 0.0702. The molecule has 0 atom stereocenters. The Kier molecular flexibility index (Phi) is 3.48. The van der Waals surface area contributed by atoms with Gasteiger partial charge in [0, 0.05) is 10.4 Å². The van der Waals surface area contributed by atoms with Crippen molar-refractivity contribution in [2.45, 2.75) is 0 Å². The normalized spacial score (nSPS) is 10.5. The lowest BCUT2D eigenvalue weighted by Crippen LogP contribution is -1.98. The van der Waals surface area contributed by atoms with Crippen molar-refractivity contribution in [1.29, 1.82) is 0 Å². The van der Waals surface area contributed by atoms with Crippen LogP contribution in [0.15, 0.2) is 18.2 Å². The van der Waals surface area contributed by atoms with Crippen LogP contribution < -0.4 is 4.74 Å². The van der Waals surface area contributed by atoms with E-state index in [-0.39, 0.29) is 15.3 Å². The molecule has 0 aliphatic heterocycles. The van der Waals surface area contributed by atoms with Gasteiger partial charge in [-0.3, -0.25) is 0 Å². The molecule has 2 aromatic rings. The van der Waals surface area contributed by atoms with Gasteiger partial charge in [-0.2, -0.15) is 4.39 Å². The molecule has 0 aliphatic rings. The molecule has 1 N–H and O–H groups in total. The van der Waals surface area contributed by atoms with E-state index in [0.29, 0.717) is 6.07 Å². The maximum absolute atomic E-state index is 13.9. The van der Waals surface area contributed by atoms with Gasteiger partial charge in [-0.25, -0.2) is 13.6 Å². The Balaban J connectivity index is 2.61. The SMILES string of the molecule is COc1c(F)c(F)cc(-c2ccc(C(=O)O)s2)c1F. The van der Waals surface area contributed by atoms with Gasteiger partial charge in [-0.1, -0.05) is 0 Å². The van der Waals surface area contributed by atoms with Crippen LogP contribution in [0.2, 0.25) is 0 Å². The van der Waals surface area contributed by atoms with Gasteiger partial charge in [-0.05, 0) is 18.2 Å². The first kappa shape index (κ1) is 13.4. The fraction of sp³-hybridized carbons (Fsp3) is 0.0833. The molecule has 0 radical (unpaired) electrons. The molecule has 0 saturated carbocycles. The Morgan fingerprint density at radius 2 is 1.95 bits per heavy atom. The first-order valence-electron chi connectivity index (χ1n) is 5.00. The van der Waals surface area contributed by atoms with Crippen LogP contribution >= 0.6 is 11.3 Å². The number of methoxy groups -OCH3 is 1. The van der Waals surface area contributed by atoms with Crippen LogP contribution in [-0.4, -0.2) is 18.2 Å². The van der Waals surface area contributed by atoms with Crippen LogP contribution in [0, 0.1) is 17.5 Å². The molecule has 2 rings (SSSR count). The van der Waals surface area contributed by atoms with Crippen molar-refractivity contribution in [3.63, 3.8) is 0 Å². The molecule has 0 spiro atoms. The van der Waals surface area contributed by atoms with Crippen LogP contribution in [0.4, 0.5) is 13.2 Å². The molecule has 100 valence electrons. The number of carbonyl (C=O) groups is 1. The van der Waals surface area contributed by atoms with Gasteiger partial charge in [-0.15, -0.1) is 11.3 Å². The summed E-state index contributed by atoms with van der Waals surface area (Å²) in [6, 6.07) is 3.25. The fourth-order valence-corrected chi connectivity index (χ4v) is 2.39. The Labute approximate surface area is 109 Å². The highest BCUT2D eigenvalue weighted by atomic mass is 32.1. The molecule has 3 nitrogen and oxygen atoms in total. The maximum atomic E-state index is 13.9. The molecule has 1 aromatic heterocycles. The topological polar surface area (TPSA) is 46.5 Å². The summed E-state index contributed by atoms with van der Waals surface area (Å²) in [5.41, 5.74) is -0.242. The molecular weight excluding hydrogens is 281 g/mol. The van der Waals surface area contributed by atoms with Crippen molar-refractivity contribution in [2.75, 3.05) is 7.11 Å². The molecular formula is C12H7F3O3S. The Morgan fingerprint density at radius 1 is 1.26 bits per heavy atom. The van der Waals surface area contributed by atoms with Gasteiger partial charge in [0.15, 0.2) is 17.4 Å². The lowest BCUT2D eigenvalue weighted by Gasteiger charge is -2.08. The predicted octanol–water partition coefficient (Wildman–Crippen LogP) is 3.54.